The number of fused-ring (bicyclic) bond motifs is 1. The molecule has 1 aliphatic heterocycles. The second kappa shape index (κ2) is 5.54. The normalized spacial score (nSPS) is 13.4. The number of aromatic nitrogens is 2. The highest BCUT2D eigenvalue weighted by Crippen LogP contribution is 2.35. The fourth-order valence-electron chi connectivity index (χ4n) is 3.17. The van der Waals surface area contributed by atoms with E-state index in [4.69, 9.17) is 5.73 Å². The van der Waals surface area contributed by atoms with Crippen LogP contribution in [0, 0.1) is 24.4 Å². The van der Waals surface area contributed by atoms with Gasteiger partial charge in [0.25, 0.3) is 0 Å². The first-order valence-electron chi connectivity index (χ1n) is 7.76. The molecule has 128 valence electrons. The van der Waals surface area contributed by atoms with Crippen LogP contribution in [-0.4, -0.2) is 10.2 Å². The number of nitrogens with zero attached hydrogens (tertiary/aromatic N) is 2. The third kappa shape index (κ3) is 2.52. The van der Waals surface area contributed by atoms with Crippen molar-refractivity contribution in [2.75, 3.05) is 10.6 Å². The minimum atomic E-state index is -1.22. The molecule has 0 unspecified atom stereocenters. The Morgan fingerprint density at radius 3 is 2.48 bits per heavy atom. The summed E-state index contributed by atoms with van der Waals surface area (Å²) in [5.41, 5.74) is 10.7. The Morgan fingerprint density at radius 2 is 1.76 bits per heavy atom. The molecule has 1 aliphatic rings. The van der Waals surface area contributed by atoms with Gasteiger partial charge in [0.1, 0.15) is 5.82 Å². The van der Waals surface area contributed by atoms with Gasteiger partial charge in [0.2, 0.25) is 0 Å². The number of nitrogen functional groups attached to an aromatic ring is 1. The van der Waals surface area contributed by atoms with Crippen LogP contribution in [0.25, 0.3) is 11.1 Å². The molecule has 4 rings (SSSR count). The van der Waals surface area contributed by atoms with Gasteiger partial charge in [-0.15, -0.1) is 0 Å². The van der Waals surface area contributed by atoms with E-state index in [0.717, 1.165) is 28.7 Å². The van der Waals surface area contributed by atoms with E-state index in [-0.39, 0.29) is 5.56 Å². The Morgan fingerprint density at radius 1 is 1.00 bits per heavy atom. The van der Waals surface area contributed by atoms with E-state index in [1.807, 2.05) is 6.92 Å². The van der Waals surface area contributed by atoms with Gasteiger partial charge in [-0.1, -0.05) is 6.07 Å². The summed E-state index contributed by atoms with van der Waals surface area (Å²) in [4.78, 5) is 2.10. The number of hydrogen-bond acceptors (Lipinski definition) is 3. The smallest absolute Gasteiger partial charge is 0.161 e. The van der Waals surface area contributed by atoms with E-state index in [0.29, 0.717) is 30.4 Å². The van der Waals surface area contributed by atoms with Crippen LogP contribution in [-0.2, 0) is 13.1 Å². The molecule has 2 aromatic carbocycles. The van der Waals surface area contributed by atoms with E-state index in [9.17, 15) is 13.2 Å². The van der Waals surface area contributed by atoms with Crippen molar-refractivity contribution >= 4 is 11.4 Å². The van der Waals surface area contributed by atoms with Gasteiger partial charge in [-0.25, -0.2) is 13.2 Å². The lowest BCUT2D eigenvalue weighted by Crippen LogP contribution is -2.15. The summed E-state index contributed by atoms with van der Waals surface area (Å²) in [6, 6.07) is 6.47. The zero-order chi connectivity index (χ0) is 17.7. The molecule has 1 aromatic heterocycles. The van der Waals surface area contributed by atoms with Gasteiger partial charge >= 0.3 is 0 Å². The van der Waals surface area contributed by atoms with Crippen molar-refractivity contribution in [2.24, 2.45) is 0 Å². The van der Waals surface area contributed by atoms with Gasteiger partial charge < -0.3 is 10.6 Å². The molecule has 0 amide bonds. The van der Waals surface area contributed by atoms with E-state index in [1.165, 1.54) is 0 Å². The highest BCUT2D eigenvalue weighted by Gasteiger charge is 2.24. The van der Waals surface area contributed by atoms with Gasteiger partial charge in [0.05, 0.1) is 12.2 Å². The second-order valence-electron chi connectivity index (χ2n) is 6.15. The minimum Gasteiger partial charge on any atom is -0.398 e. The number of nitrogens with two attached hydrogens (primary N) is 1. The summed E-state index contributed by atoms with van der Waals surface area (Å²) in [7, 11) is 0. The summed E-state index contributed by atoms with van der Waals surface area (Å²) >= 11 is 0. The Balaban J connectivity index is 1.67. The summed E-state index contributed by atoms with van der Waals surface area (Å²) in [5.74, 6) is -3.19. The van der Waals surface area contributed by atoms with Gasteiger partial charge in [-0.05, 0) is 25.1 Å². The first kappa shape index (κ1) is 15.6. The molecule has 0 bridgehead atoms. The number of anilines is 2. The Bertz CT molecular complexity index is 981. The van der Waals surface area contributed by atoms with Crippen molar-refractivity contribution in [3.05, 3.63) is 64.7 Å². The maximum atomic E-state index is 14.0. The van der Waals surface area contributed by atoms with Crippen molar-refractivity contribution in [2.45, 2.75) is 20.0 Å². The van der Waals surface area contributed by atoms with Crippen LogP contribution in [0.2, 0.25) is 0 Å². The van der Waals surface area contributed by atoms with Gasteiger partial charge in [0.15, 0.2) is 11.6 Å². The standard InChI is InChI=1S/C18H15F3N4/c1-9-13-7-25(8-18(13)24-23-9)10-2-3-11(17(22)4-10)12-5-15(20)16(21)6-14(12)19/h2-6H,7-8,22H2,1H3,(H,23,24). The average molecular weight is 344 g/mol. The van der Waals surface area contributed by atoms with Crippen molar-refractivity contribution in [1.82, 2.24) is 10.2 Å². The van der Waals surface area contributed by atoms with E-state index in [1.54, 1.807) is 18.2 Å². The monoisotopic (exact) mass is 344 g/mol. The van der Waals surface area contributed by atoms with Gasteiger partial charge in [-0.2, -0.15) is 5.10 Å². The molecule has 0 saturated carbocycles. The van der Waals surface area contributed by atoms with E-state index >= 15 is 0 Å². The van der Waals surface area contributed by atoms with Crippen LogP contribution in [0.15, 0.2) is 30.3 Å². The van der Waals surface area contributed by atoms with Crippen molar-refractivity contribution in [1.29, 1.82) is 0 Å². The van der Waals surface area contributed by atoms with Crippen molar-refractivity contribution in [3.8, 4) is 11.1 Å². The fraction of sp³-hybridized carbons (Fsp3) is 0.167. The largest absolute Gasteiger partial charge is 0.398 e. The highest BCUT2D eigenvalue weighted by atomic mass is 19.2. The van der Waals surface area contributed by atoms with Crippen molar-refractivity contribution in [3.63, 3.8) is 0 Å². The predicted octanol–water partition coefficient (Wildman–Crippen LogP) is 3.90. The fourth-order valence-corrected chi connectivity index (χ4v) is 3.17. The summed E-state index contributed by atoms with van der Waals surface area (Å²) < 4.78 is 40.6. The average Bonchev–Trinajstić information content (AvgIpc) is 3.14. The molecule has 4 nitrogen and oxygen atoms in total. The molecule has 0 saturated heterocycles. The number of rotatable bonds is 2. The minimum absolute atomic E-state index is 0.0617. The molecular weight excluding hydrogens is 329 g/mol. The number of aromatic amines is 1. The topological polar surface area (TPSA) is 57.9 Å². The maximum absolute atomic E-state index is 14.0. The highest BCUT2D eigenvalue weighted by molar-refractivity contribution is 5.80. The van der Waals surface area contributed by atoms with Crippen LogP contribution < -0.4 is 10.6 Å². The quantitative estimate of drug-likeness (QED) is 0.547. The number of H-pyrrole nitrogens is 1. The van der Waals surface area contributed by atoms with Crippen LogP contribution in [0.1, 0.15) is 17.0 Å². The van der Waals surface area contributed by atoms with Crippen LogP contribution >= 0.6 is 0 Å². The van der Waals surface area contributed by atoms with Crippen molar-refractivity contribution < 1.29 is 13.2 Å². The molecule has 0 atom stereocenters. The third-order valence-corrected chi connectivity index (χ3v) is 4.55. The zero-order valence-corrected chi connectivity index (χ0v) is 13.4. The number of benzene rings is 2. The lowest BCUT2D eigenvalue weighted by molar-refractivity contribution is 0.496. The van der Waals surface area contributed by atoms with Crippen LogP contribution in [0.5, 0.6) is 0 Å². The Labute approximate surface area is 142 Å². The Hall–Kier alpha value is -2.96. The van der Waals surface area contributed by atoms with Gasteiger partial charge in [-0.3, -0.25) is 5.10 Å². The summed E-state index contributed by atoms with van der Waals surface area (Å²) in [6.07, 6.45) is 0. The number of hydrogen-bond donors (Lipinski definition) is 2. The molecule has 0 spiro atoms. The molecular formula is C18H15F3N4. The molecule has 3 N–H and O–H groups in total. The molecule has 25 heavy (non-hydrogen) atoms. The number of nitrogens with one attached hydrogen (secondary N) is 1. The lowest BCUT2D eigenvalue weighted by Gasteiger charge is -2.19. The zero-order valence-electron chi connectivity index (χ0n) is 13.4. The molecule has 7 heteroatoms. The van der Waals surface area contributed by atoms with Crippen LogP contribution in [0.3, 0.4) is 0 Å². The number of aryl methyl sites for hydroxylation is 1. The Kier molecular flexibility index (Phi) is 3.45. The summed E-state index contributed by atoms with van der Waals surface area (Å²) in [5, 5.41) is 7.22. The lowest BCUT2D eigenvalue weighted by atomic mass is 10.0. The first-order chi connectivity index (χ1) is 11.9. The molecule has 3 aromatic rings. The SMILES string of the molecule is Cc1[nH]nc2c1CN(c1ccc(-c3cc(F)c(F)cc3F)c(N)c1)C2. The van der Waals surface area contributed by atoms with E-state index < -0.39 is 17.5 Å². The third-order valence-electron chi connectivity index (χ3n) is 4.55. The maximum Gasteiger partial charge on any atom is 0.161 e. The van der Waals surface area contributed by atoms with Crippen LogP contribution in [0.4, 0.5) is 24.5 Å². The van der Waals surface area contributed by atoms with E-state index in [2.05, 4.69) is 15.1 Å². The summed E-state index contributed by atoms with van der Waals surface area (Å²) in [6.45, 7) is 3.33. The molecule has 0 fully saturated rings. The van der Waals surface area contributed by atoms with Gasteiger partial charge in [0, 0.05) is 46.4 Å². The predicted molar refractivity (Wildman–Crippen MR) is 89.4 cm³/mol. The number of halogens is 3. The molecule has 0 radical (unpaired) electrons. The second-order valence-corrected chi connectivity index (χ2v) is 6.15. The molecule has 2 heterocycles. The molecule has 0 aliphatic carbocycles. The first-order valence-corrected chi connectivity index (χ1v) is 7.76.